The van der Waals surface area contributed by atoms with Gasteiger partial charge in [-0.3, -0.25) is 9.69 Å². The predicted molar refractivity (Wildman–Crippen MR) is 112 cm³/mol. The quantitative estimate of drug-likeness (QED) is 0.573. The predicted octanol–water partition coefficient (Wildman–Crippen LogP) is 3.17. The van der Waals surface area contributed by atoms with Crippen molar-refractivity contribution in [2.75, 3.05) is 13.1 Å². The number of amides is 1. The maximum atomic E-state index is 12.6. The number of rotatable bonds is 5. The molecule has 0 radical (unpaired) electrons. The number of aliphatic carboxylic acids is 1. The third kappa shape index (κ3) is 5.93. The number of nitrogens with one attached hydrogen (secondary N) is 1. The molecule has 1 saturated carbocycles. The molecule has 1 saturated heterocycles. The van der Waals surface area contributed by atoms with Gasteiger partial charge in [0.05, 0.1) is 11.6 Å². The van der Waals surface area contributed by atoms with Crippen molar-refractivity contribution >= 4 is 17.8 Å². The molecule has 0 spiro atoms. The highest BCUT2D eigenvalue weighted by molar-refractivity contribution is 5.87. The maximum Gasteiger partial charge on any atom is 0.490 e. The van der Waals surface area contributed by atoms with Crippen molar-refractivity contribution in [2.24, 2.45) is 23.7 Å². The molecule has 0 aromatic heterocycles. The van der Waals surface area contributed by atoms with Crippen molar-refractivity contribution in [3.8, 4) is 0 Å². The van der Waals surface area contributed by atoms with Crippen LogP contribution in [0.5, 0.6) is 0 Å². The summed E-state index contributed by atoms with van der Waals surface area (Å²) in [5, 5.41) is 19.1. The minimum absolute atomic E-state index is 0.0475. The molecule has 1 amide bonds. The van der Waals surface area contributed by atoms with Crippen molar-refractivity contribution in [1.82, 2.24) is 10.2 Å². The highest BCUT2D eigenvalue weighted by Gasteiger charge is 2.47. The van der Waals surface area contributed by atoms with Crippen molar-refractivity contribution in [1.29, 1.82) is 0 Å². The zero-order valence-electron chi connectivity index (χ0n) is 18.1. The lowest BCUT2D eigenvalue weighted by Gasteiger charge is -2.40. The summed E-state index contributed by atoms with van der Waals surface area (Å²) >= 11 is 0. The van der Waals surface area contributed by atoms with Gasteiger partial charge in [-0.25, -0.2) is 9.59 Å². The second-order valence-electron chi connectivity index (χ2n) is 8.77. The van der Waals surface area contributed by atoms with Crippen LogP contribution < -0.4 is 5.32 Å². The topological polar surface area (TPSA) is 107 Å². The Morgan fingerprint density at radius 2 is 1.52 bits per heavy atom. The molecule has 1 heterocycles. The number of likely N-dealkylation sites (tertiary alicyclic amines) is 1. The zero-order chi connectivity index (χ0) is 24.3. The molecule has 3 aliphatic carbocycles. The van der Waals surface area contributed by atoms with Gasteiger partial charge < -0.3 is 15.5 Å². The van der Waals surface area contributed by atoms with Gasteiger partial charge in [0.25, 0.3) is 0 Å². The van der Waals surface area contributed by atoms with Crippen LogP contribution in [0.1, 0.15) is 35.7 Å². The molecule has 3 N–H and O–H groups in total. The van der Waals surface area contributed by atoms with Gasteiger partial charge in [-0.15, -0.1) is 0 Å². The van der Waals surface area contributed by atoms with Gasteiger partial charge >= 0.3 is 18.1 Å². The molecule has 10 heteroatoms. The van der Waals surface area contributed by atoms with E-state index in [0.29, 0.717) is 18.4 Å². The minimum Gasteiger partial charge on any atom is -0.478 e. The Morgan fingerprint density at radius 1 is 1.03 bits per heavy atom. The van der Waals surface area contributed by atoms with Crippen LogP contribution in [-0.4, -0.2) is 58.3 Å². The van der Waals surface area contributed by atoms with E-state index in [1.807, 2.05) is 6.92 Å². The number of carbonyl (C=O) groups excluding carboxylic acids is 1. The largest absolute Gasteiger partial charge is 0.490 e. The third-order valence-electron chi connectivity index (χ3n) is 6.82. The second-order valence-corrected chi connectivity index (χ2v) is 8.77. The Hall–Kier alpha value is -2.88. The molecule has 1 aromatic rings. The average Bonchev–Trinajstić information content (AvgIpc) is 3.25. The van der Waals surface area contributed by atoms with Crippen LogP contribution in [0.25, 0.3) is 0 Å². The Labute approximate surface area is 189 Å². The SMILES string of the molecule is CC(C(=O)NCc1ccc(C(=O)O)cc1)N1CC2C3C=CC(CC3)C2C1.O=C(O)C(F)(F)F. The number of hydrogen-bond donors (Lipinski definition) is 3. The smallest absolute Gasteiger partial charge is 0.478 e. The first-order chi connectivity index (χ1) is 15.5. The minimum atomic E-state index is -5.08. The first-order valence-electron chi connectivity index (χ1n) is 10.8. The lowest BCUT2D eigenvalue weighted by atomic mass is 9.64. The average molecular weight is 468 g/mol. The summed E-state index contributed by atoms with van der Waals surface area (Å²) < 4.78 is 31.7. The van der Waals surface area contributed by atoms with Crippen LogP contribution >= 0.6 is 0 Å². The number of carboxylic acids is 2. The zero-order valence-corrected chi connectivity index (χ0v) is 18.1. The summed E-state index contributed by atoms with van der Waals surface area (Å²) in [5.74, 6) is -0.793. The van der Waals surface area contributed by atoms with E-state index in [0.717, 1.165) is 30.5 Å². The first-order valence-corrected chi connectivity index (χ1v) is 10.8. The van der Waals surface area contributed by atoms with Crippen LogP contribution in [0.3, 0.4) is 0 Å². The number of fused-ring (bicyclic) bond motifs is 1. The van der Waals surface area contributed by atoms with E-state index < -0.39 is 18.1 Å². The summed E-state index contributed by atoms with van der Waals surface area (Å²) in [6.45, 7) is 4.47. The highest BCUT2D eigenvalue weighted by Crippen LogP contribution is 2.48. The van der Waals surface area contributed by atoms with Gasteiger partial charge in [-0.1, -0.05) is 24.3 Å². The van der Waals surface area contributed by atoms with Gasteiger partial charge in [-0.2, -0.15) is 13.2 Å². The van der Waals surface area contributed by atoms with Gasteiger partial charge in [0.1, 0.15) is 0 Å². The van der Waals surface area contributed by atoms with Crippen molar-refractivity contribution in [2.45, 2.75) is 38.5 Å². The number of allylic oxidation sites excluding steroid dienone is 2. The molecule has 5 atom stereocenters. The lowest BCUT2D eigenvalue weighted by molar-refractivity contribution is -0.192. The fraction of sp³-hybridized carbons (Fsp3) is 0.522. The van der Waals surface area contributed by atoms with Crippen molar-refractivity contribution in [3.63, 3.8) is 0 Å². The summed E-state index contributed by atoms with van der Waals surface area (Å²) in [5.41, 5.74) is 1.17. The van der Waals surface area contributed by atoms with Crippen molar-refractivity contribution in [3.05, 3.63) is 47.5 Å². The molecular weight excluding hydrogens is 441 g/mol. The molecule has 5 rings (SSSR count). The Balaban J connectivity index is 0.000000383. The van der Waals surface area contributed by atoms with E-state index in [2.05, 4.69) is 22.4 Å². The number of halogens is 3. The highest BCUT2D eigenvalue weighted by atomic mass is 19.4. The first kappa shape index (κ1) is 24.8. The third-order valence-corrected chi connectivity index (χ3v) is 6.82. The molecule has 180 valence electrons. The molecule has 4 aliphatic rings. The van der Waals surface area contributed by atoms with Gasteiger partial charge in [-0.05, 0) is 61.1 Å². The summed E-state index contributed by atoms with van der Waals surface area (Å²) in [6, 6.07) is 6.52. The molecule has 1 aliphatic heterocycles. The van der Waals surface area contributed by atoms with Gasteiger partial charge in [0, 0.05) is 19.6 Å². The Morgan fingerprint density at radius 3 is 1.91 bits per heavy atom. The van der Waals surface area contributed by atoms with E-state index in [4.69, 9.17) is 15.0 Å². The molecule has 2 bridgehead atoms. The van der Waals surface area contributed by atoms with Crippen LogP contribution in [0.4, 0.5) is 13.2 Å². The Bertz CT molecular complexity index is 894. The Kier molecular flexibility index (Phi) is 7.46. The van der Waals surface area contributed by atoms with Crippen molar-refractivity contribution < 1.29 is 37.8 Å². The number of alkyl halides is 3. The van der Waals surface area contributed by atoms with E-state index in [1.54, 1.807) is 24.3 Å². The normalized spacial score (nSPS) is 26.7. The monoisotopic (exact) mass is 468 g/mol. The van der Waals surface area contributed by atoms with Crippen LogP contribution in [-0.2, 0) is 16.1 Å². The van der Waals surface area contributed by atoms with Crippen LogP contribution in [0.15, 0.2) is 36.4 Å². The molecule has 7 nitrogen and oxygen atoms in total. The van der Waals surface area contributed by atoms with E-state index in [9.17, 15) is 22.8 Å². The summed E-state index contributed by atoms with van der Waals surface area (Å²) in [7, 11) is 0. The van der Waals surface area contributed by atoms with E-state index in [-0.39, 0.29) is 17.5 Å². The number of hydrogen-bond acceptors (Lipinski definition) is 4. The standard InChI is InChI=1S/C21H26N2O3.C2HF3O2/c1-13(20(24)22-10-14-2-4-17(5-3-14)21(25)26)23-11-18-15-6-7-16(9-8-15)19(18)12-23;3-2(4,5)1(6)7/h2-7,13,15-16,18-19H,8-12H2,1H3,(H,22,24)(H,25,26);(H,6,7). The van der Waals surface area contributed by atoms with E-state index in [1.165, 1.54) is 12.8 Å². The van der Waals surface area contributed by atoms with Gasteiger partial charge in [0.15, 0.2) is 0 Å². The molecule has 5 unspecified atom stereocenters. The van der Waals surface area contributed by atoms with Crippen LogP contribution in [0, 0.1) is 23.7 Å². The number of carboxylic acid groups (broad SMARTS) is 2. The van der Waals surface area contributed by atoms with E-state index >= 15 is 0 Å². The molecule has 33 heavy (non-hydrogen) atoms. The summed E-state index contributed by atoms with van der Waals surface area (Å²) in [4.78, 5) is 34.7. The lowest BCUT2D eigenvalue weighted by Crippen LogP contribution is -2.44. The number of carbonyl (C=O) groups is 3. The fourth-order valence-corrected chi connectivity index (χ4v) is 4.95. The molecule has 1 aromatic carbocycles. The maximum absolute atomic E-state index is 12.6. The van der Waals surface area contributed by atoms with Gasteiger partial charge in [0.2, 0.25) is 5.91 Å². The second kappa shape index (κ2) is 9.94. The number of nitrogens with zero attached hydrogens (tertiary/aromatic N) is 1. The number of aromatic carboxylic acids is 1. The molecule has 2 fully saturated rings. The molecular formula is C23H27F3N2O5. The fourth-order valence-electron chi connectivity index (χ4n) is 4.95. The van der Waals surface area contributed by atoms with Crippen LogP contribution in [0.2, 0.25) is 0 Å². The number of benzene rings is 1. The summed E-state index contributed by atoms with van der Waals surface area (Å²) in [6.07, 6.45) is 2.35.